The van der Waals surface area contributed by atoms with Gasteiger partial charge in [-0.3, -0.25) is 19.3 Å². The van der Waals surface area contributed by atoms with Crippen molar-refractivity contribution in [3.63, 3.8) is 0 Å². The second-order valence-electron chi connectivity index (χ2n) is 6.06. The fraction of sp³-hybridized carbons (Fsp3) is 0.769. The molecule has 4 nitrogen and oxygen atoms in total. The lowest BCUT2D eigenvalue weighted by atomic mass is 9.80. The van der Waals surface area contributed by atoms with Crippen LogP contribution in [0.25, 0.3) is 0 Å². The van der Waals surface area contributed by atoms with Crippen molar-refractivity contribution in [3.8, 4) is 0 Å². The van der Waals surface area contributed by atoms with Gasteiger partial charge in [0.15, 0.2) is 5.78 Å². The van der Waals surface area contributed by atoms with Gasteiger partial charge in [-0.25, -0.2) is 0 Å². The first kappa shape index (κ1) is 13.9. The van der Waals surface area contributed by atoms with E-state index in [9.17, 15) is 14.4 Å². The van der Waals surface area contributed by atoms with E-state index >= 15 is 0 Å². The minimum atomic E-state index is -0.296. The van der Waals surface area contributed by atoms with Crippen molar-refractivity contribution in [3.05, 3.63) is 0 Å². The maximum Gasteiger partial charge on any atom is 0.233 e. The number of amides is 2. The van der Waals surface area contributed by atoms with Crippen molar-refractivity contribution in [2.45, 2.75) is 41.0 Å². The second kappa shape index (κ2) is 4.59. The number of carbonyl (C=O) groups excluding carboxylic acids is 3. The number of carbonyl (C=O) groups is 3. The van der Waals surface area contributed by atoms with E-state index in [0.717, 1.165) is 4.90 Å². The molecule has 0 aromatic heterocycles. The largest absolute Gasteiger partial charge is 0.297 e. The summed E-state index contributed by atoms with van der Waals surface area (Å²) in [4.78, 5) is 36.5. The molecule has 0 saturated carbocycles. The van der Waals surface area contributed by atoms with Crippen molar-refractivity contribution < 1.29 is 14.4 Å². The van der Waals surface area contributed by atoms with E-state index in [-0.39, 0.29) is 47.8 Å². The Balaban J connectivity index is 2.80. The molecule has 1 heterocycles. The van der Waals surface area contributed by atoms with Crippen molar-refractivity contribution in [1.29, 1.82) is 0 Å². The molecule has 1 saturated heterocycles. The van der Waals surface area contributed by atoms with Crippen LogP contribution in [0, 0.1) is 17.3 Å². The summed E-state index contributed by atoms with van der Waals surface area (Å²) in [5.74, 6) is -0.930. The predicted molar refractivity (Wildman–Crippen MR) is 64.1 cm³/mol. The maximum atomic E-state index is 12.1. The standard InChI is InChI=1S/C13H21NO3/c1-8(2)10(15)7-14-11(16)6-9(12(14)17)13(3,4)5/h8-9H,6-7H2,1-5H3. The summed E-state index contributed by atoms with van der Waals surface area (Å²) >= 11 is 0. The van der Waals surface area contributed by atoms with Crippen LogP contribution in [-0.4, -0.2) is 29.0 Å². The quantitative estimate of drug-likeness (QED) is 0.703. The summed E-state index contributed by atoms with van der Waals surface area (Å²) in [6.07, 6.45) is 0.230. The van der Waals surface area contributed by atoms with Crippen LogP contribution in [0.4, 0.5) is 0 Å². The third kappa shape index (κ3) is 2.93. The molecular formula is C13H21NO3. The molecule has 0 N–H and O–H groups in total. The Morgan fingerprint density at radius 3 is 2.24 bits per heavy atom. The average molecular weight is 239 g/mol. The van der Waals surface area contributed by atoms with E-state index in [1.807, 2.05) is 20.8 Å². The Bertz CT molecular complexity index is 352. The summed E-state index contributed by atoms with van der Waals surface area (Å²) in [5.41, 5.74) is -0.234. The van der Waals surface area contributed by atoms with Crippen LogP contribution < -0.4 is 0 Å². The average Bonchev–Trinajstić information content (AvgIpc) is 2.44. The number of hydrogen-bond donors (Lipinski definition) is 0. The van der Waals surface area contributed by atoms with Crippen LogP contribution in [-0.2, 0) is 14.4 Å². The van der Waals surface area contributed by atoms with Crippen LogP contribution in [0.5, 0.6) is 0 Å². The number of ketones is 1. The summed E-state index contributed by atoms with van der Waals surface area (Å²) in [6, 6.07) is 0. The third-order valence-corrected chi connectivity index (χ3v) is 3.25. The van der Waals surface area contributed by atoms with Crippen LogP contribution in [0.3, 0.4) is 0 Å². The molecule has 1 unspecified atom stereocenters. The normalized spacial score (nSPS) is 21.5. The van der Waals surface area contributed by atoms with E-state index in [1.54, 1.807) is 13.8 Å². The number of Topliss-reactive ketones (excluding diaryl/α,β-unsaturated/α-hetero) is 1. The number of imide groups is 1. The number of nitrogens with zero attached hydrogens (tertiary/aromatic N) is 1. The first-order valence-electron chi connectivity index (χ1n) is 6.01. The monoisotopic (exact) mass is 239 g/mol. The molecule has 0 aliphatic carbocycles. The van der Waals surface area contributed by atoms with Gasteiger partial charge < -0.3 is 0 Å². The third-order valence-electron chi connectivity index (χ3n) is 3.25. The van der Waals surface area contributed by atoms with Gasteiger partial charge in [-0.2, -0.15) is 0 Å². The fourth-order valence-electron chi connectivity index (χ4n) is 1.86. The Labute approximate surface area is 102 Å². The van der Waals surface area contributed by atoms with E-state index in [2.05, 4.69) is 0 Å². The Hall–Kier alpha value is -1.19. The minimum absolute atomic E-state index is 0.0675. The van der Waals surface area contributed by atoms with Gasteiger partial charge in [0.1, 0.15) is 0 Å². The molecule has 1 aliphatic rings. The van der Waals surface area contributed by atoms with Crippen LogP contribution in [0.1, 0.15) is 41.0 Å². The molecule has 1 fully saturated rings. The number of likely N-dealkylation sites (tertiary alicyclic amines) is 1. The molecule has 0 aromatic rings. The zero-order chi connectivity index (χ0) is 13.4. The Kier molecular flexibility index (Phi) is 3.74. The zero-order valence-electron chi connectivity index (χ0n) is 11.2. The summed E-state index contributed by atoms with van der Waals surface area (Å²) in [7, 11) is 0. The van der Waals surface area contributed by atoms with E-state index in [0.29, 0.717) is 0 Å². The number of rotatable bonds is 3. The lowest BCUT2D eigenvalue weighted by Gasteiger charge is -2.24. The molecule has 0 bridgehead atoms. The molecule has 0 spiro atoms. The molecule has 1 atom stereocenters. The topological polar surface area (TPSA) is 54.5 Å². The highest BCUT2D eigenvalue weighted by Crippen LogP contribution is 2.35. The highest BCUT2D eigenvalue weighted by molar-refractivity contribution is 6.06. The van der Waals surface area contributed by atoms with Crippen molar-refractivity contribution in [2.24, 2.45) is 17.3 Å². The van der Waals surface area contributed by atoms with Crippen LogP contribution in [0.15, 0.2) is 0 Å². The van der Waals surface area contributed by atoms with Crippen LogP contribution in [0.2, 0.25) is 0 Å². The Morgan fingerprint density at radius 2 is 1.88 bits per heavy atom. The van der Waals surface area contributed by atoms with Gasteiger partial charge >= 0.3 is 0 Å². The molecule has 96 valence electrons. The highest BCUT2D eigenvalue weighted by Gasteiger charge is 2.45. The van der Waals surface area contributed by atoms with Gasteiger partial charge in [0.2, 0.25) is 11.8 Å². The second-order valence-corrected chi connectivity index (χ2v) is 6.06. The molecule has 2 amide bonds. The van der Waals surface area contributed by atoms with E-state index in [4.69, 9.17) is 0 Å². The lowest BCUT2D eigenvalue weighted by Crippen LogP contribution is -2.38. The fourth-order valence-corrected chi connectivity index (χ4v) is 1.86. The van der Waals surface area contributed by atoms with E-state index in [1.165, 1.54) is 0 Å². The van der Waals surface area contributed by atoms with Crippen LogP contribution >= 0.6 is 0 Å². The SMILES string of the molecule is CC(C)C(=O)CN1C(=O)CC(C(C)(C)C)C1=O. The van der Waals surface area contributed by atoms with Gasteiger partial charge in [-0.1, -0.05) is 34.6 Å². The lowest BCUT2D eigenvalue weighted by molar-refractivity contribution is -0.144. The smallest absolute Gasteiger partial charge is 0.233 e. The number of hydrogen-bond acceptors (Lipinski definition) is 3. The van der Waals surface area contributed by atoms with Gasteiger partial charge in [0.25, 0.3) is 0 Å². The van der Waals surface area contributed by atoms with Gasteiger partial charge in [-0.15, -0.1) is 0 Å². The van der Waals surface area contributed by atoms with Gasteiger partial charge in [0.05, 0.1) is 12.5 Å². The molecule has 4 heteroatoms. The first-order valence-corrected chi connectivity index (χ1v) is 6.01. The summed E-state index contributed by atoms with van der Waals surface area (Å²) in [6.45, 7) is 9.30. The summed E-state index contributed by atoms with van der Waals surface area (Å²) < 4.78 is 0. The van der Waals surface area contributed by atoms with E-state index < -0.39 is 0 Å². The van der Waals surface area contributed by atoms with Gasteiger partial charge in [-0.05, 0) is 5.41 Å². The van der Waals surface area contributed by atoms with Crippen molar-refractivity contribution in [1.82, 2.24) is 4.90 Å². The molecule has 0 aromatic carbocycles. The van der Waals surface area contributed by atoms with Crippen molar-refractivity contribution in [2.75, 3.05) is 6.54 Å². The maximum absolute atomic E-state index is 12.1. The summed E-state index contributed by atoms with van der Waals surface area (Å²) in [5, 5.41) is 0. The zero-order valence-corrected chi connectivity index (χ0v) is 11.2. The first-order chi connectivity index (χ1) is 7.64. The highest BCUT2D eigenvalue weighted by atomic mass is 16.2. The Morgan fingerprint density at radius 1 is 1.35 bits per heavy atom. The predicted octanol–water partition coefficient (Wildman–Crippen LogP) is 1.63. The molecule has 0 radical (unpaired) electrons. The van der Waals surface area contributed by atoms with Gasteiger partial charge in [0, 0.05) is 12.3 Å². The van der Waals surface area contributed by atoms with Crippen molar-refractivity contribution >= 4 is 17.6 Å². The molecule has 17 heavy (non-hydrogen) atoms. The molecular weight excluding hydrogens is 218 g/mol. The minimum Gasteiger partial charge on any atom is -0.297 e. The molecule has 1 aliphatic heterocycles. The molecule has 1 rings (SSSR count).